The number of nitrogens with zero attached hydrogens (tertiary/aromatic N) is 2. The van der Waals surface area contributed by atoms with Crippen molar-refractivity contribution in [2.45, 2.75) is 13.0 Å². The van der Waals surface area contributed by atoms with Crippen molar-refractivity contribution in [3.05, 3.63) is 65.5 Å². The maximum Gasteiger partial charge on any atom is 0.251 e. The van der Waals surface area contributed by atoms with E-state index >= 15 is 0 Å². The van der Waals surface area contributed by atoms with Crippen LogP contribution in [0.4, 0.5) is 10.1 Å². The Morgan fingerprint density at radius 1 is 1.14 bits per heavy atom. The number of likely N-dealkylation sites (N-methyl/N-ethyl adjacent to an activating group) is 1. The molecule has 1 unspecified atom stereocenters. The third-order valence-corrected chi connectivity index (χ3v) is 3.63. The van der Waals surface area contributed by atoms with Crippen LogP contribution < -0.4 is 4.90 Å². The average molecular weight is 282 g/mol. The molecule has 2 aromatic rings. The highest BCUT2D eigenvalue weighted by atomic mass is 19.1. The summed E-state index contributed by atoms with van der Waals surface area (Å²) in [5.41, 5.74) is 2.84. The van der Waals surface area contributed by atoms with Gasteiger partial charge in [0, 0.05) is 18.2 Å². The molecule has 3 nitrogen and oxygen atoms in total. The van der Waals surface area contributed by atoms with Crippen LogP contribution in [0, 0.1) is 5.82 Å². The second kappa shape index (κ2) is 5.13. The zero-order valence-corrected chi connectivity index (χ0v) is 11.9. The molecule has 1 aliphatic heterocycles. The number of halogens is 1. The molecule has 0 saturated heterocycles. The van der Waals surface area contributed by atoms with Crippen molar-refractivity contribution in [2.24, 2.45) is 4.99 Å². The first-order valence-corrected chi connectivity index (χ1v) is 6.78. The Bertz CT molecular complexity index is 725. The van der Waals surface area contributed by atoms with Crippen LogP contribution in [0.5, 0.6) is 0 Å². The zero-order valence-electron chi connectivity index (χ0n) is 11.9. The monoisotopic (exact) mass is 282 g/mol. The SMILES string of the molecule is CC1N=C(c2ccccc2)c2cc(F)ccc2N(C)C1=O. The van der Waals surface area contributed by atoms with Gasteiger partial charge in [-0.05, 0) is 25.1 Å². The van der Waals surface area contributed by atoms with Crippen LogP contribution >= 0.6 is 0 Å². The highest BCUT2D eigenvalue weighted by Gasteiger charge is 2.27. The van der Waals surface area contributed by atoms with Gasteiger partial charge < -0.3 is 4.90 Å². The fourth-order valence-electron chi connectivity index (χ4n) is 2.53. The van der Waals surface area contributed by atoms with Gasteiger partial charge in [0.2, 0.25) is 0 Å². The molecule has 0 saturated carbocycles. The molecule has 2 aromatic carbocycles. The lowest BCUT2D eigenvalue weighted by Crippen LogP contribution is -2.32. The smallest absolute Gasteiger partial charge is 0.251 e. The average Bonchev–Trinajstić information content (AvgIpc) is 2.59. The Balaban J connectivity index is 2.27. The van der Waals surface area contributed by atoms with Gasteiger partial charge in [-0.2, -0.15) is 0 Å². The number of benzodiazepines with no additional fused rings is 1. The molecule has 1 aliphatic rings. The first-order chi connectivity index (χ1) is 10.1. The van der Waals surface area contributed by atoms with Crippen molar-refractivity contribution in [2.75, 3.05) is 11.9 Å². The van der Waals surface area contributed by atoms with Crippen molar-refractivity contribution < 1.29 is 9.18 Å². The molecule has 106 valence electrons. The van der Waals surface area contributed by atoms with Crippen molar-refractivity contribution in [3.63, 3.8) is 0 Å². The normalized spacial score (nSPS) is 18.0. The molecule has 0 radical (unpaired) electrons. The van der Waals surface area contributed by atoms with Gasteiger partial charge in [0.05, 0.1) is 11.4 Å². The van der Waals surface area contributed by atoms with E-state index in [4.69, 9.17) is 0 Å². The van der Waals surface area contributed by atoms with Gasteiger partial charge in [0.15, 0.2) is 0 Å². The molecule has 0 N–H and O–H groups in total. The summed E-state index contributed by atoms with van der Waals surface area (Å²) in [6.45, 7) is 1.75. The predicted octanol–water partition coefficient (Wildman–Crippen LogP) is 3.03. The summed E-state index contributed by atoms with van der Waals surface area (Å²) >= 11 is 0. The first kappa shape index (κ1) is 13.5. The summed E-state index contributed by atoms with van der Waals surface area (Å²) < 4.78 is 13.7. The van der Waals surface area contributed by atoms with Crippen LogP contribution in [0.3, 0.4) is 0 Å². The summed E-state index contributed by atoms with van der Waals surface area (Å²) in [6.07, 6.45) is 0. The minimum atomic E-state index is -0.499. The summed E-state index contributed by atoms with van der Waals surface area (Å²) in [5, 5.41) is 0. The van der Waals surface area contributed by atoms with Crippen molar-refractivity contribution in [1.82, 2.24) is 0 Å². The molecule has 1 heterocycles. The summed E-state index contributed by atoms with van der Waals surface area (Å²) in [4.78, 5) is 18.4. The Hall–Kier alpha value is -2.49. The lowest BCUT2D eigenvalue weighted by atomic mass is 10.00. The van der Waals surface area contributed by atoms with Gasteiger partial charge in [-0.25, -0.2) is 4.39 Å². The molecule has 1 atom stereocenters. The standard InChI is InChI=1S/C17H15FN2O/c1-11-17(21)20(2)15-9-8-13(18)10-14(15)16(19-11)12-6-4-3-5-7-12/h3-11H,1-2H3. The van der Waals surface area contributed by atoms with E-state index in [9.17, 15) is 9.18 Å². The highest BCUT2D eigenvalue weighted by molar-refractivity contribution is 6.19. The van der Waals surface area contributed by atoms with Crippen molar-refractivity contribution in [1.29, 1.82) is 0 Å². The number of aliphatic imine (C=N–C) groups is 1. The number of amides is 1. The van der Waals surface area contributed by atoms with E-state index in [2.05, 4.69) is 4.99 Å². The van der Waals surface area contributed by atoms with Gasteiger partial charge in [-0.1, -0.05) is 30.3 Å². The van der Waals surface area contributed by atoms with Gasteiger partial charge >= 0.3 is 0 Å². The Morgan fingerprint density at radius 2 is 1.86 bits per heavy atom. The third kappa shape index (κ3) is 2.33. The Morgan fingerprint density at radius 3 is 2.57 bits per heavy atom. The number of benzene rings is 2. The predicted molar refractivity (Wildman–Crippen MR) is 81.4 cm³/mol. The summed E-state index contributed by atoms with van der Waals surface area (Å²) in [5.74, 6) is -0.443. The second-order valence-corrected chi connectivity index (χ2v) is 5.08. The highest BCUT2D eigenvalue weighted by Crippen LogP contribution is 2.28. The molecule has 3 rings (SSSR count). The van der Waals surface area contributed by atoms with Gasteiger partial charge in [-0.3, -0.25) is 9.79 Å². The van der Waals surface area contributed by atoms with E-state index in [0.29, 0.717) is 17.0 Å². The number of carbonyl (C=O) groups excluding carboxylic acids is 1. The summed E-state index contributed by atoms with van der Waals surface area (Å²) in [6, 6.07) is 13.5. The maximum atomic E-state index is 13.7. The van der Waals surface area contributed by atoms with E-state index in [1.165, 1.54) is 12.1 Å². The summed E-state index contributed by atoms with van der Waals surface area (Å²) in [7, 11) is 1.69. The van der Waals surface area contributed by atoms with E-state index in [1.807, 2.05) is 30.3 Å². The van der Waals surface area contributed by atoms with Crippen LogP contribution in [0.1, 0.15) is 18.1 Å². The number of anilines is 1. The van der Waals surface area contributed by atoms with E-state index in [0.717, 1.165) is 5.56 Å². The Labute approximate surface area is 122 Å². The largest absolute Gasteiger partial charge is 0.313 e. The third-order valence-electron chi connectivity index (χ3n) is 3.63. The maximum absolute atomic E-state index is 13.7. The molecule has 4 heteroatoms. The van der Waals surface area contributed by atoms with Gasteiger partial charge in [-0.15, -0.1) is 0 Å². The topological polar surface area (TPSA) is 32.7 Å². The number of fused-ring (bicyclic) bond motifs is 1. The van der Waals surface area contributed by atoms with Crippen LogP contribution in [-0.4, -0.2) is 24.7 Å². The van der Waals surface area contributed by atoms with Crippen molar-refractivity contribution >= 4 is 17.3 Å². The number of carbonyl (C=O) groups is 1. The molecular formula is C17H15FN2O. The number of hydrogen-bond donors (Lipinski definition) is 0. The first-order valence-electron chi connectivity index (χ1n) is 6.78. The molecule has 0 fully saturated rings. The minimum Gasteiger partial charge on any atom is -0.313 e. The minimum absolute atomic E-state index is 0.103. The molecule has 0 aromatic heterocycles. The molecule has 0 bridgehead atoms. The molecular weight excluding hydrogens is 267 g/mol. The van der Waals surface area contributed by atoms with Gasteiger partial charge in [0.25, 0.3) is 5.91 Å². The van der Waals surface area contributed by atoms with E-state index in [1.54, 1.807) is 24.9 Å². The molecule has 1 amide bonds. The fraction of sp³-hybridized carbons (Fsp3) is 0.176. The lowest BCUT2D eigenvalue weighted by molar-refractivity contribution is -0.119. The van der Waals surface area contributed by atoms with E-state index < -0.39 is 6.04 Å². The van der Waals surface area contributed by atoms with Crippen LogP contribution in [-0.2, 0) is 4.79 Å². The van der Waals surface area contributed by atoms with Crippen LogP contribution in [0.25, 0.3) is 0 Å². The second-order valence-electron chi connectivity index (χ2n) is 5.08. The molecule has 21 heavy (non-hydrogen) atoms. The van der Waals surface area contributed by atoms with Crippen molar-refractivity contribution in [3.8, 4) is 0 Å². The molecule has 0 spiro atoms. The number of hydrogen-bond acceptors (Lipinski definition) is 2. The number of rotatable bonds is 1. The molecule has 0 aliphatic carbocycles. The quantitative estimate of drug-likeness (QED) is 0.791. The van der Waals surface area contributed by atoms with E-state index in [-0.39, 0.29) is 11.7 Å². The van der Waals surface area contributed by atoms with Gasteiger partial charge in [0.1, 0.15) is 11.9 Å². The Kier molecular flexibility index (Phi) is 3.29. The lowest BCUT2D eigenvalue weighted by Gasteiger charge is -2.19. The zero-order chi connectivity index (χ0) is 15.0. The van der Waals surface area contributed by atoms with Crippen LogP contribution in [0.15, 0.2) is 53.5 Å². The fourth-order valence-corrected chi connectivity index (χ4v) is 2.53. The van der Waals surface area contributed by atoms with Crippen LogP contribution in [0.2, 0.25) is 0 Å².